The number of carbonyl (C=O) groups excluding carboxylic acids is 1. The van der Waals surface area contributed by atoms with E-state index in [-0.39, 0.29) is 27.3 Å². The van der Waals surface area contributed by atoms with Crippen LogP contribution in [-0.4, -0.2) is 60.1 Å². The highest BCUT2D eigenvalue weighted by molar-refractivity contribution is 6.37. The first-order valence-electron chi connectivity index (χ1n) is 6.35. The van der Waals surface area contributed by atoms with Crippen LogP contribution in [0, 0.1) is 0 Å². The lowest BCUT2D eigenvalue weighted by molar-refractivity contribution is 0.0698. The summed E-state index contributed by atoms with van der Waals surface area (Å²) in [7, 11) is 1.98. The third-order valence-electron chi connectivity index (χ3n) is 3.31. The maximum Gasteiger partial charge on any atom is 0.337 e. The number of nitrogens with one attached hydrogen (secondary N) is 1. The second-order valence-electron chi connectivity index (χ2n) is 4.84. The zero-order valence-corrected chi connectivity index (χ0v) is 12.9. The number of rotatable bonds is 2. The van der Waals surface area contributed by atoms with Crippen molar-refractivity contribution in [1.29, 1.82) is 0 Å². The van der Waals surface area contributed by atoms with Gasteiger partial charge >= 0.3 is 12.0 Å². The van der Waals surface area contributed by atoms with Crippen molar-refractivity contribution in [3.8, 4) is 0 Å². The molecule has 0 atom stereocenters. The Morgan fingerprint density at radius 3 is 2.38 bits per heavy atom. The van der Waals surface area contributed by atoms with E-state index in [9.17, 15) is 14.7 Å². The minimum absolute atomic E-state index is 0.0671. The fraction of sp³-hybridized carbons (Fsp3) is 0.385. The van der Waals surface area contributed by atoms with Gasteiger partial charge in [0.2, 0.25) is 0 Å². The largest absolute Gasteiger partial charge is 0.478 e. The smallest absolute Gasteiger partial charge is 0.337 e. The van der Waals surface area contributed by atoms with Crippen LogP contribution in [0.15, 0.2) is 12.1 Å². The molecule has 0 bridgehead atoms. The molecule has 1 saturated heterocycles. The number of amides is 2. The molecule has 1 aromatic rings. The van der Waals surface area contributed by atoms with E-state index in [1.807, 2.05) is 7.05 Å². The third kappa shape index (κ3) is 3.78. The third-order valence-corrected chi connectivity index (χ3v) is 3.82. The molecule has 0 radical (unpaired) electrons. The Kier molecular flexibility index (Phi) is 4.92. The van der Waals surface area contributed by atoms with Crippen molar-refractivity contribution in [2.45, 2.75) is 0 Å². The minimum atomic E-state index is -1.20. The summed E-state index contributed by atoms with van der Waals surface area (Å²) in [5.41, 5.74) is -0.0625. The average Bonchev–Trinajstić information content (AvgIpc) is 2.41. The van der Waals surface area contributed by atoms with E-state index in [0.717, 1.165) is 13.1 Å². The van der Waals surface area contributed by atoms with Gasteiger partial charge in [0.25, 0.3) is 0 Å². The molecule has 8 heteroatoms. The number of hydrogen-bond donors (Lipinski definition) is 2. The second kappa shape index (κ2) is 6.51. The number of likely N-dealkylation sites (N-methyl/N-ethyl adjacent to an activating group) is 1. The first-order chi connectivity index (χ1) is 9.88. The highest BCUT2D eigenvalue weighted by Crippen LogP contribution is 2.30. The lowest BCUT2D eigenvalue weighted by Gasteiger charge is -2.32. The summed E-state index contributed by atoms with van der Waals surface area (Å²) < 4.78 is 0. The fourth-order valence-corrected chi connectivity index (χ4v) is 2.61. The van der Waals surface area contributed by atoms with E-state index in [0.29, 0.717) is 13.1 Å². The van der Waals surface area contributed by atoms with Gasteiger partial charge < -0.3 is 20.2 Å². The van der Waals surface area contributed by atoms with E-state index in [4.69, 9.17) is 23.2 Å². The Balaban J connectivity index is 2.19. The molecule has 0 aromatic heterocycles. The summed E-state index contributed by atoms with van der Waals surface area (Å²) in [6, 6.07) is 2.29. The maximum atomic E-state index is 12.2. The number of aromatic carboxylic acids is 1. The summed E-state index contributed by atoms with van der Waals surface area (Å²) in [6.07, 6.45) is 0. The number of anilines is 1. The monoisotopic (exact) mass is 331 g/mol. The Labute approximate surface area is 132 Å². The van der Waals surface area contributed by atoms with Gasteiger partial charge in [-0.25, -0.2) is 9.59 Å². The van der Waals surface area contributed by atoms with Gasteiger partial charge in [0.15, 0.2) is 0 Å². The van der Waals surface area contributed by atoms with Gasteiger partial charge in [-0.05, 0) is 19.2 Å². The fourth-order valence-electron chi connectivity index (χ4n) is 2.06. The van der Waals surface area contributed by atoms with Gasteiger partial charge in [-0.1, -0.05) is 23.2 Å². The van der Waals surface area contributed by atoms with Gasteiger partial charge in [-0.2, -0.15) is 0 Å². The molecule has 0 aliphatic carbocycles. The predicted octanol–water partition coefficient (Wildman–Crippen LogP) is 2.47. The highest BCUT2D eigenvalue weighted by Gasteiger charge is 2.22. The lowest BCUT2D eigenvalue weighted by Crippen LogP contribution is -2.48. The highest BCUT2D eigenvalue weighted by atomic mass is 35.5. The SMILES string of the molecule is CN1CCN(C(=O)Nc2c(Cl)cc(Cl)cc2C(=O)O)CC1. The zero-order valence-electron chi connectivity index (χ0n) is 11.4. The van der Waals surface area contributed by atoms with Crippen LogP contribution in [-0.2, 0) is 0 Å². The topological polar surface area (TPSA) is 72.9 Å². The van der Waals surface area contributed by atoms with Crippen LogP contribution in [0.2, 0.25) is 10.0 Å². The number of carboxylic acid groups (broad SMARTS) is 1. The van der Waals surface area contributed by atoms with E-state index in [1.165, 1.54) is 12.1 Å². The van der Waals surface area contributed by atoms with Crippen molar-refractivity contribution in [2.24, 2.45) is 0 Å². The summed E-state index contributed by atoms with van der Waals surface area (Å²) in [5, 5.41) is 12.1. The molecule has 2 amide bonds. The maximum absolute atomic E-state index is 12.2. The molecule has 1 fully saturated rings. The molecule has 2 N–H and O–H groups in total. The molecule has 1 heterocycles. The second-order valence-corrected chi connectivity index (χ2v) is 5.68. The number of nitrogens with zero attached hydrogens (tertiary/aromatic N) is 2. The molecule has 1 aliphatic rings. The molecule has 1 aliphatic heterocycles. The summed E-state index contributed by atoms with van der Waals surface area (Å²) in [4.78, 5) is 27.2. The Morgan fingerprint density at radius 1 is 1.19 bits per heavy atom. The average molecular weight is 332 g/mol. The molecular weight excluding hydrogens is 317 g/mol. The van der Waals surface area contributed by atoms with Crippen LogP contribution < -0.4 is 5.32 Å². The number of piperazine rings is 1. The van der Waals surface area contributed by atoms with Crippen LogP contribution in [0.1, 0.15) is 10.4 Å². The standard InChI is InChI=1S/C13H15Cl2N3O3/c1-17-2-4-18(5-3-17)13(21)16-11-9(12(19)20)6-8(14)7-10(11)15/h6-7H,2-5H2,1H3,(H,16,21)(H,19,20). The normalized spacial score (nSPS) is 15.9. The molecular formula is C13H15Cl2N3O3. The van der Waals surface area contributed by atoms with Crippen LogP contribution in [0.3, 0.4) is 0 Å². The molecule has 2 rings (SSSR count). The van der Waals surface area contributed by atoms with Crippen LogP contribution in [0.4, 0.5) is 10.5 Å². The molecule has 1 aromatic carbocycles. The molecule has 0 saturated carbocycles. The van der Waals surface area contributed by atoms with Gasteiger partial charge in [0, 0.05) is 31.2 Å². The van der Waals surface area contributed by atoms with E-state index >= 15 is 0 Å². The van der Waals surface area contributed by atoms with Gasteiger partial charge in [-0.3, -0.25) is 0 Å². The van der Waals surface area contributed by atoms with Crippen LogP contribution in [0.5, 0.6) is 0 Å². The number of hydrogen-bond acceptors (Lipinski definition) is 3. The number of halogens is 2. The number of carboxylic acids is 1. The van der Waals surface area contributed by atoms with Crippen molar-refractivity contribution >= 4 is 40.9 Å². The molecule has 114 valence electrons. The Bertz CT molecular complexity index is 572. The first kappa shape index (κ1) is 15.9. The predicted molar refractivity (Wildman–Crippen MR) is 81.5 cm³/mol. The lowest BCUT2D eigenvalue weighted by atomic mass is 10.2. The molecule has 6 nitrogen and oxygen atoms in total. The molecule has 0 spiro atoms. The van der Waals surface area contributed by atoms with Crippen LogP contribution in [0.25, 0.3) is 0 Å². The summed E-state index contributed by atoms with van der Waals surface area (Å²) in [6.45, 7) is 2.70. The molecule has 0 unspecified atom stereocenters. The number of urea groups is 1. The van der Waals surface area contributed by atoms with Gasteiger partial charge in [-0.15, -0.1) is 0 Å². The van der Waals surface area contributed by atoms with Crippen molar-refractivity contribution in [3.63, 3.8) is 0 Å². The van der Waals surface area contributed by atoms with Crippen molar-refractivity contribution in [2.75, 3.05) is 38.5 Å². The quantitative estimate of drug-likeness (QED) is 0.873. The van der Waals surface area contributed by atoms with Gasteiger partial charge in [0.1, 0.15) is 0 Å². The van der Waals surface area contributed by atoms with E-state index < -0.39 is 5.97 Å². The van der Waals surface area contributed by atoms with E-state index in [1.54, 1.807) is 4.90 Å². The van der Waals surface area contributed by atoms with E-state index in [2.05, 4.69) is 10.2 Å². The Hall–Kier alpha value is -1.50. The summed E-state index contributed by atoms with van der Waals surface area (Å²) in [5.74, 6) is -1.20. The Morgan fingerprint density at radius 2 is 1.81 bits per heavy atom. The van der Waals surface area contributed by atoms with Crippen LogP contribution >= 0.6 is 23.2 Å². The number of benzene rings is 1. The van der Waals surface area contributed by atoms with Crippen molar-refractivity contribution < 1.29 is 14.7 Å². The first-order valence-corrected chi connectivity index (χ1v) is 7.11. The van der Waals surface area contributed by atoms with Gasteiger partial charge in [0.05, 0.1) is 16.3 Å². The number of carbonyl (C=O) groups is 2. The van der Waals surface area contributed by atoms with Crippen molar-refractivity contribution in [1.82, 2.24) is 9.80 Å². The molecule has 21 heavy (non-hydrogen) atoms. The zero-order chi connectivity index (χ0) is 15.6. The van der Waals surface area contributed by atoms with Crippen molar-refractivity contribution in [3.05, 3.63) is 27.7 Å². The summed E-state index contributed by atoms with van der Waals surface area (Å²) >= 11 is 11.8. The minimum Gasteiger partial charge on any atom is -0.478 e.